The maximum atomic E-state index is 6.28. The Hall–Kier alpha value is -0.390. The molecule has 0 bridgehead atoms. The van der Waals surface area contributed by atoms with Crippen LogP contribution in [0.15, 0.2) is 53.0 Å². The summed E-state index contributed by atoms with van der Waals surface area (Å²) in [4.78, 5) is 0. The molecule has 0 saturated heterocycles. The summed E-state index contributed by atoms with van der Waals surface area (Å²) < 4.78 is 2.32. The molecule has 0 aliphatic heterocycles. The first kappa shape index (κ1) is 14.0. The highest BCUT2D eigenvalue weighted by atomic mass is 127. The van der Waals surface area contributed by atoms with E-state index >= 15 is 0 Å². The Labute approximate surface area is 130 Å². The molecule has 0 amide bonds. The highest BCUT2D eigenvalue weighted by Gasteiger charge is 2.10. The van der Waals surface area contributed by atoms with Crippen LogP contribution in [0.2, 0.25) is 0 Å². The molecule has 0 aliphatic carbocycles. The summed E-state index contributed by atoms with van der Waals surface area (Å²) in [5.74, 6) is 0. The van der Waals surface area contributed by atoms with Gasteiger partial charge in [0.15, 0.2) is 0 Å². The van der Waals surface area contributed by atoms with Gasteiger partial charge in [-0.05, 0) is 64.8 Å². The second kappa shape index (κ2) is 6.68. The Morgan fingerprint density at radius 3 is 2.56 bits per heavy atom. The van der Waals surface area contributed by atoms with Crippen LogP contribution in [0, 0.1) is 3.57 Å². The van der Waals surface area contributed by atoms with Gasteiger partial charge in [0.25, 0.3) is 0 Å². The molecule has 3 heteroatoms. The van der Waals surface area contributed by atoms with Gasteiger partial charge in [0, 0.05) is 14.1 Å². The van der Waals surface area contributed by atoms with Crippen molar-refractivity contribution in [3.63, 3.8) is 0 Å². The number of halogens is 2. The minimum Gasteiger partial charge on any atom is -0.324 e. The molecule has 0 radical (unpaired) electrons. The molecule has 2 aromatic rings. The van der Waals surface area contributed by atoms with Crippen molar-refractivity contribution in [3.05, 3.63) is 67.7 Å². The van der Waals surface area contributed by atoms with Crippen LogP contribution < -0.4 is 5.73 Å². The predicted octanol–water partition coefficient (Wildman–Crippen LogP) is 4.69. The summed E-state index contributed by atoms with van der Waals surface area (Å²) >= 11 is 5.89. The van der Waals surface area contributed by atoms with Crippen molar-refractivity contribution < 1.29 is 0 Å². The third-order valence-electron chi connectivity index (χ3n) is 2.94. The lowest BCUT2D eigenvalue weighted by molar-refractivity contribution is 0.648. The second-order valence-corrected chi connectivity index (χ2v) is 6.40. The minimum atomic E-state index is 0.0781. The molecule has 0 spiro atoms. The van der Waals surface area contributed by atoms with Gasteiger partial charge in [-0.1, -0.05) is 46.3 Å². The van der Waals surface area contributed by atoms with Crippen LogP contribution in [-0.4, -0.2) is 0 Å². The Morgan fingerprint density at radius 1 is 1.11 bits per heavy atom. The van der Waals surface area contributed by atoms with E-state index in [1.165, 1.54) is 14.7 Å². The third kappa shape index (κ3) is 3.80. The van der Waals surface area contributed by atoms with E-state index in [4.69, 9.17) is 5.73 Å². The normalized spacial score (nSPS) is 12.4. The van der Waals surface area contributed by atoms with E-state index in [0.29, 0.717) is 0 Å². The number of aryl methyl sites for hydroxylation is 1. The van der Waals surface area contributed by atoms with E-state index in [-0.39, 0.29) is 6.04 Å². The summed E-state index contributed by atoms with van der Waals surface area (Å²) in [5, 5.41) is 0. The van der Waals surface area contributed by atoms with Crippen LogP contribution >= 0.6 is 38.5 Å². The average Bonchev–Trinajstić information content (AvgIpc) is 2.40. The van der Waals surface area contributed by atoms with Gasteiger partial charge in [-0.25, -0.2) is 0 Å². The van der Waals surface area contributed by atoms with E-state index in [1.54, 1.807) is 0 Å². The zero-order chi connectivity index (χ0) is 13.0. The summed E-state index contributed by atoms with van der Waals surface area (Å²) in [7, 11) is 0. The van der Waals surface area contributed by atoms with E-state index in [1.807, 2.05) is 6.07 Å². The number of hydrogen-bond acceptors (Lipinski definition) is 1. The van der Waals surface area contributed by atoms with Crippen LogP contribution in [0.3, 0.4) is 0 Å². The summed E-state index contributed by atoms with van der Waals surface area (Å²) in [5.41, 5.74) is 8.81. The van der Waals surface area contributed by atoms with Gasteiger partial charge in [-0.3, -0.25) is 0 Å². The van der Waals surface area contributed by atoms with Gasteiger partial charge in [-0.2, -0.15) is 0 Å². The highest BCUT2D eigenvalue weighted by molar-refractivity contribution is 14.1. The molecule has 0 aliphatic rings. The Morgan fingerprint density at radius 2 is 1.83 bits per heavy atom. The maximum Gasteiger partial charge on any atom is 0.0309 e. The van der Waals surface area contributed by atoms with Crippen LogP contribution in [0.5, 0.6) is 0 Å². The molecule has 94 valence electrons. The van der Waals surface area contributed by atoms with Gasteiger partial charge in [0.1, 0.15) is 0 Å². The standard InChI is InChI=1S/C15H15BrIN/c16-14-8-7-12(17)10-13(14)15(18)9-6-11-4-2-1-3-5-11/h1-5,7-8,10,15H,6,9,18H2. The Bertz CT molecular complexity index is 513. The van der Waals surface area contributed by atoms with Gasteiger partial charge < -0.3 is 5.73 Å². The quantitative estimate of drug-likeness (QED) is 0.720. The first-order valence-corrected chi connectivity index (χ1v) is 7.78. The lowest BCUT2D eigenvalue weighted by Crippen LogP contribution is -2.12. The zero-order valence-corrected chi connectivity index (χ0v) is 13.7. The molecule has 18 heavy (non-hydrogen) atoms. The van der Waals surface area contributed by atoms with Crippen LogP contribution in [0.1, 0.15) is 23.6 Å². The van der Waals surface area contributed by atoms with Crippen molar-refractivity contribution in [1.29, 1.82) is 0 Å². The lowest BCUT2D eigenvalue weighted by Gasteiger charge is -2.14. The minimum absolute atomic E-state index is 0.0781. The first-order chi connectivity index (χ1) is 8.66. The summed E-state index contributed by atoms with van der Waals surface area (Å²) in [6, 6.07) is 16.9. The first-order valence-electron chi connectivity index (χ1n) is 5.91. The number of nitrogens with two attached hydrogens (primary N) is 1. The Kier molecular flexibility index (Phi) is 5.21. The fraction of sp³-hybridized carbons (Fsp3) is 0.200. The smallest absolute Gasteiger partial charge is 0.0309 e. The van der Waals surface area contributed by atoms with Crippen molar-refractivity contribution in [3.8, 4) is 0 Å². The second-order valence-electron chi connectivity index (χ2n) is 4.30. The maximum absolute atomic E-state index is 6.28. The van der Waals surface area contributed by atoms with Crippen molar-refractivity contribution in [1.82, 2.24) is 0 Å². The zero-order valence-electron chi connectivity index (χ0n) is 9.94. The van der Waals surface area contributed by atoms with Crippen LogP contribution in [0.4, 0.5) is 0 Å². The fourth-order valence-electron chi connectivity index (χ4n) is 1.92. The predicted molar refractivity (Wildman–Crippen MR) is 88.6 cm³/mol. The van der Waals surface area contributed by atoms with Crippen molar-refractivity contribution >= 4 is 38.5 Å². The number of hydrogen-bond donors (Lipinski definition) is 1. The molecule has 0 heterocycles. The Balaban J connectivity index is 2.03. The van der Waals surface area contributed by atoms with Gasteiger partial charge in [-0.15, -0.1) is 0 Å². The van der Waals surface area contributed by atoms with Crippen molar-refractivity contribution in [2.75, 3.05) is 0 Å². The van der Waals surface area contributed by atoms with Gasteiger partial charge in [0.05, 0.1) is 0 Å². The molecular weight excluding hydrogens is 401 g/mol. The van der Waals surface area contributed by atoms with E-state index in [2.05, 4.69) is 81.0 Å². The molecule has 2 aromatic carbocycles. The van der Waals surface area contributed by atoms with Gasteiger partial charge >= 0.3 is 0 Å². The lowest BCUT2D eigenvalue weighted by atomic mass is 10.00. The van der Waals surface area contributed by atoms with Gasteiger partial charge in [0.2, 0.25) is 0 Å². The monoisotopic (exact) mass is 415 g/mol. The fourth-order valence-corrected chi connectivity index (χ4v) is 2.98. The molecule has 1 nitrogen and oxygen atoms in total. The summed E-state index contributed by atoms with van der Waals surface area (Å²) in [6.07, 6.45) is 1.97. The van der Waals surface area contributed by atoms with Crippen molar-refractivity contribution in [2.45, 2.75) is 18.9 Å². The van der Waals surface area contributed by atoms with Crippen LogP contribution in [-0.2, 0) is 6.42 Å². The molecule has 1 atom stereocenters. The van der Waals surface area contributed by atoms with Crippen molar-refractivity contribution in [2.24, 2.45) is 5.73 Å². The summed E-state index contributed by atoms with van der Waals surface area (Å²) in [6.45, 7) is 0. The van der Waals surface area contributed by atoms with E-state index in [0.717, 1.165) is 17.3 Å². The van der Waals surface area contributed by atoms with Crippen LogP contribution in [0.25, 0.3) is 0 Å². The third-order valence-corrected chi connectivity index (χ3v) is 4.34. The number of benzene rings is 2. The average molecular weight is 416 g/mol. The molecule has 2 rings (SSSR count). The molecular formula is C15H15BrIN. The highest BCUT2D eigenvalue weighted by Crippen LogP contribution is 2.26. The largest absolute Gasteiger partial charge is 0.324 e. The number of rotatable bonds is 4. The molecule has 0 aromatic heterocycles. The van der Waals surface area contributed by atoms with E-state index < -0.39 is 0 Å². The molecule has 0 fully saturated rings. The van der Waals surface area contributed by atoms with E-state index in [9.17, 15) is 0 Å². The molecule has 0 saturated carbocycles. The molecule has 1 unspecified atom stereocenters. The molecule has 2 N–H and O–H groups in total. The SMILES string of the molecule is NC(CCc1ccccc1)c1cc(I)ccc1Br. The topological polar surface area (TPSA) is 26.0 Å².